The number of hydrogen-bond acceptors (Lipinski definition) is 4. The Morgan fingerprint density at radius 1 is 1.16 bits per heavy atom. The highest BCUT2D eigenvalue weighted by Crippen LogP contribution is 2.16. The van der Waals surface area contributed by atoms with Gasteiger partial charge in [0, 0.05) is 18.1 Å². The molecule has 6 nitrogen and oxygen atoms in total. The second-order valence-corrected chi connectivity index (χ2v) is 7.42. The van der Waals surface area contributed by atoms with Gasteiger partial charge in [0.15, 0.2) is 9.84 Å². The molecule has 0 aliphatic rings. The molecular formula is C17H14FN3O3S. The minimum atomic E-state index is -3.36. The maximum atomic E-state index is 13.0. The maximum absolute atomic E-state index is 13.0. The zero-order valence-electron chi connectivity index (χ0n) is 13.2. The number of aromatic nitrogens is 2. The summed E-state index contributed by atoms with van der Waals surface area (Å²) in [5.74, 6) is -0.793. The Labute approximate surface area is 143 Å². The first-order valence-electron chi connectivity index (χ1n) is 7.25. The van der Waals surface area contributed by atoms with Crippen molar-refractivity contribution in [1.29, 1.82) is 0 Å². The molecule has 0 aliphatic carbocycles. The molecule has 0 fully saturated rings. The highest BCUT2D eigenvalue weighted by atomic mass is 32.2. The van der Waals surface area contributed by atoms with Gasteiger partial charge in [0.05, 0.1) is 22.3 Å². The lowest BCUT2D eigenvalue weighted by atomic mass is 10.3. The first-order chi connectivity index (χ1) is 11.8. The lowest BCUT2D eigenvalue weighted by Crippen LogP contribution is -2.11. The average molecular weight is 359 g/mol. The van der Waals surface area contributed by atoms with Gasteiger partial charge in [-0.05, 0) is 42.5 Å². The molecule has 0 aliphatic heterocycles. The summed E-state index contributed by atoms with van der Waals surface area (Å²) in [4.78, 5) is 12.4. The zero-order chi connectivity index (χ0) is 18.0. The Morgan fingerprint density at radius 2 is 1.88 bits per heavy atom. The van der Waals surface area contributed by atoms with Crippen molar-refractivity contribution in [3.63, 3.8) is 0 Å². The number of nitrogens with zero attached hydrogens (tertiary/aromatic N) is 2. The second-order valence-electron chi connectivity index (χ2n) is 5.40. The van der Waals surface area contributed by atoms with Gasteiger partial charge in [-0.2, -0.15) is 5.10 Å². The molecule has 0 saturated carbocycles. The van der Waals surface area contributed by atoms with Gasteiger partial charge >= 0.3 is 0 Å². The summed E-state index contributed by atoms with van der Waals surface area (Å²) in [5, 5.41) is 6.70. The van der Waals surface area contributed by atoms with Crippen LogP contribution in [-0.4, -0.2) is 30.4 Å². The molecular weight excluding hydrogens is 345 g/mol. The van der Waals surface area contributed by atoms with Crippen molar-refractivity contribution >= 4 is 21.4 Å². The van der Waals surface area contributed by atoms with Crippen LogP contribution in [0, 0.1) is 5.82 Å². The van der Waals surface area contributed by atoms with Gasteiger partial charge < -0.3 is 5.32 Å². The van der Waals surface area contributed by atoms with E-state index in [1.54, 1.807) is 24.3 Å². The van der Waals surface area contributed by atoms with Gasteiger partial charge in [0.25, 0.3) is 5.91 Å². The second kappa shape index (κ2) is 6.48. The van der Waals surface area contributed by atoms with Gasteiger partial charge in [-0.3, -0.25) is 4.79 Å². The topological polar surface area (TPSA) is 81.1 Å². The molecule has 1 N–H and O–H groups in total. The lowest BCUT2D eigenvalue weighted by Gasteiger charge is -2.05. The van der Waals surface area contributed by atoms with E-state index in [1.807, 2.05) is 0 Å². The number of amides is 1. The summed E-state index contributed by atoms with van der Waals surface area (Å²) in [5.41, 5.74) is 1.26. The third-order valence-electron chi connectivity index (χ3n) is 3.46. The normalized spacial score (nSPS) is 11.3. The van der Waals surface area contributed by atoms with Crippen molar-refractivity contribution in [1.82, 2.24) is 9.78 Å². The Balaban J connectivity index is 1.80. The number of nitrogens with one attached hydrogen (secondary N) is 1. The number of anilines is 1. The molecule has 0 atom stereocenters. The molecule has 0 bridgehead atoms. The Morgan fingerprint density at radius 3 is 2.56 bits per heavy atom. The van der Waals surface area contributed by atoms with Crippen LogP contribution < -0.4 is 5.32 Å². The third-order valence-corrected chi connectivity index (χ3v) is 4.57. The minimum absolute atomic E-state index is 0.118. The predicted molar refractivity (Wildman–Crippen MR) is 91.0 cm³/mol. The van der Waals surface area contributed by atoms with E-state index in [-0.39, 0.29) is 16.3 Å². The van der Waals surface area contributed by atoms with Gasteiger partial charge in [-0.25, -0.2) is 17.5 Å². The minimum Gasteiger partial charge on any atom is -0.322 e. The predicted octanol–water partition coefficient (Wildman–Crippen LogP) is 2.67. The van der Waals surface area contributed by atoms with Gasteiger partial charge in [-0.1, -0.05) is 6.07 Å². The molecule has 3 aromatic rings. The van der Waals surface area contributed by atoms with E-state index in [9.17, 15) is 17.6 Å². The molecule has 1 amide bonds. The Bertz CT molecular complexity index is 1030. The molecule has 8 heteroatoms. The van der Waals surface area contributed by atoms with E-state index in [0.29, 0.717) is 11.4 Å². The molecule has 3 rings (SSSR count). The van der Waals surface area contributed by atoms with Gasteiger partial charge in [0.1, 0.15) is 5.82 Å². The molecule has 1 heterocycles. The van der Waals surface area contributed by atoms with Crippen LogP contribution in [0.2, 0.25) is 0 Å². The summed E-state index contributed by atoms with van der Waals surface area (Å²) >= 11 is 0. The van der Waals surface area contributed by atoms with Crippen LogP contribution in [0.3, 0.4) is 0 Å². The van der Waals surface area contributed by atoms with Crippen molar-refractivity contribution in [2.24, 2.45) is 0 Å². The van der Waals surface area contributed by atoms with Crippen molar-refractivity contribution in [2.75, 3.05) is 11.6 Å². The van der Waals surface area contributed by atoms with Crippen LogP contribution in [0.4, 0.5) is 10.1 Å². The Kier molecular flexibility index (Phi) is 4.37. The molecule has 0 saturated heterocycles. The molecule has 2 aromatic carbocycles. The Hall–Kier alpha value is -3.00. The van der Waals surface area contributed by atoms with Crippen LogP contribution in [-0.2, 0) is 9.84 Å². The highest BCUT2D eigenvalue weighted by Gasteiger charge is 2.12. The van der Waals surface area contributed by atoms with Crippen molar-refractivity contribution in [3.8, 4) is 5.69 Å². The molecule has 0 radical (unpaired) electrons. The van der Waals surface area contributed by atoms with Crippen LogP contribution in [0.1, 0.15) is 10.4 Å². The number of carbonyl (C=O) groups is 1. The molecule has 1 aromatic heterocycles. The number of carbonyl (C=O) groups excluding carboxylic acids is 1. The van der Waals surface area contributed by atoms with Crippen molar-refractivity contribution in [3.05, 3.63) is 72.3 Å². The maximum Gasteiger partial charge on any atom is 0.258 e. The van der Waals surface area contributed by atoms with Crippen LogP contribution in [0.5, 0.6) is 0 Å². The molecule has 0 unspecified atom stereocenters. The number of sulfone groups is 1. The third kappa shape index (κ3) is 3.92. The summed E-state index contributed by atoms with van der Waals surface area (Å²) in [6.45, 7) is 0. The van der Waals surface area contributed by atoms with Gasteiger partial charge in [0.2, 0.25) is 0 Å². The first kappa shape index (κ1) is 16.8. The summed E-state index contributed by atoms with van der Waals surface area (Å²) < 4.78 is 37.5. The van der Waals surface area contributed by atoms with Crippen LogP contribution in [0.25, 0.3) is 5.69 Å². The monoisotopic (exact) mass is 359 g/mol. The van der Waals surface area contributed by atoms with Crippen molar-refractivity contribution in [2.45, 2.75) is 4.90 Å². The molecule has 0 spiro atoms. The fourth-order valence-corrected chi connectivity index (χ4v) is 2.85. The fourth-order valence-electron chi connectivity index (χ4n) is 2.18. The summed E-state index contributed by atoms with van der Waals surface area (Å²) in [6, 6.07) is 11.7. The van der Waals surface area contributed by atoms with Crippen molar-refractivity contribution < 1.29 is 17.6 Å². The first-order valence-corrected chi connectivity index (χ1v) is 9.14. The summed E-state index contributed by atoms with van der Waals surface area (Å²) in [7, 11) is -3.36. The van der Waals surface area contributed by atoms with E-state index in [1.165, 1.54) is 41.3 Å². The van der Waals surface area contributed by atoms with E-state index < -0.39 is 15.7 Å². The standard InChI is InChI=1S/C17H14FN3O3S/c1-25(23,24)16-4-2-3-14(9-16)20-17(22)12-10-19-21(11-12)15-7-5-13(18)6-8-15/h2-11H,1H3,(H,20,22). The quantitative estimate of drug-likeness (QED) is 0.776. The van der Waals surface area contributed by atoms with Crippen LogP contribution in [0.15, 0.2) is 65.8 Å². The largest absolute Gasteiger partial charge is 0.322 e. The molecule has 128 valence electrons. The number of benzene rings is 2. The van der Waals surface area contributed by atoms with Crippen LogP contribution >= 0.6 is 0 Å². The zero-order valence-corrected chi connectivity index (χ0v) is 14.0. The van der Waals surface area contributed by atoms with E-state index in [4.69, 9.17) is 0 Å². The lowest BCUT2D eigenvalue weighted by molar-refractivity contribution is 0.102. The fraction of sp³-hybridized carbons (Fsp3) is 0.0588. The average Bonchev–Trinajstić information content (AvgIpc) is 3.05. The summed E-state index contributed by atoms with van der Waals surface area (Å²) in [6.07, 6.45) is 3.97. The van der Waals surface area contributed by atoms with E-state index in [2.05, 4.69) is 10.4 Å². The van der Waals surface area contributed by atoms with Gasteiger partial charge in [-0.15, -0.1) is 0 Å². The number of rotatable bonds is 4. The number of hydrogen-bond donors (Lipinski definition) is 1. The van der Waals surface area contributed by atoms with E-state index in [0.717, 1.165) is 6.26 Å². The molecule has 25 heavy (non-hydrogen) atoms. The highest BCUT2D eigenvalue weighted by molar-refractivity contribution is 7.90. The number of halogens is 1. The SMILES string of the molecule is CS(=O)(=O)c1cccc(NC(=O)c2cnn(-c3ccc(F)cc3)c2)c1. The van der Waals surface area contributed by atoms with E-state index >= 15 is 0 Å². The smallest absolute Gasteiger partial charge is 0.258 e.